The second-order valence-electron chi connectivity index (χ2n) is 10.4. The number of carbonyl (C=O) groups is 3. The number of nitrogens with one attached hydrogen (secondary N) is 1. The zero-order valence-electron chi connectivity index (χ0n) is 22.5. The van der Waals surface area contributed by atoms with E-state index in [0.29, 0.717) is 12.1 Å². The number of aromatic carboxylic acids is 1. The van der Waals surface area contributed by atoms with Crippen molar-refractivity contribution in [1.29, 1.82) is 0 Å². The molecule has 6 rings (SSSR count). The molecule has 43 heavy (non-hydrogen) atoms. The van der Waals surface area contributed by atoms with Gasteiger partial charge in [-0.2, -0.15) is 5.10 Å². The maximum Gasteiger partial charge on any atom is 0.573 e. The summed E-state index contributed by atoms with van der Waals surface area (Å²) >= 11 is 0. The molecule has 3 aliphatic rings. The van der Waals surface area contributed by atoms with Crippen LogP contribution in [0.2, 0.25) is 0 Å². The van der Waals surface area contributed by atoms with E-state index in [-0.39, 0.29) is 42.4 Å². The van der Waals surface area contributed by atoms with E-state index in [1.165, 1.54) is 25.3 Å². The first-order valence-electron chi connectivity index (χ1n) is 13.0. The summed E-state index contributed by atoms with van der Waals surface area (Å²) in [5.74, 6) is -3.11. The van der Waals surface area contributed by atoms with Crippen LogP contribution in [0.4, 0.5) is 17.6 Å². The largest absolute Gasteiger partial charge is 0.573 e. The highest BCUT2D eigenvalue weighted by atomic mass is 19.4. The molecular weight excluding hydrogens is 578 g/mol. The van der Waals surface area contributed by atoms with Crippen LogP contribution < -0.4 is 15.8 Å². The number of hydrogen-bond acceptors (Lipinski definition) is 8. The summed E-state index contributed by atoms with van der Waals surface area (Å²) in [7, 11) is 1.41. The van der Waals surface area contributed by atoms with Crippen molar-refractivity contribution in [2.24, 2.45) is 16.6 Å². The number of nitrogens with two attached hydrogens (primary N) is 1. The predicted molar refractivity (Wildman–Crippen MR) is 145 cm³/mol. The maximum atomic E-state index is 13.9. The molecule has 2 bridgehead atoms. The molecular formula is C28H33F4N5O6. The molecule has 11 nitrogen and oxygen atoms in total. The lowest BCUT2D eigenvalue weighted by Gasteiger charge is -2.51. The van der Waals surface area contributed by atoms with E-state index >= 15 is 0 Å². The smallest absolute Gasteiger partial charge is 0.477 e. The fraction of sp³-hybridized carbons (Fsp3) is 0.464. The van der Waals surface area contributed by atoms with Crippen LogP contribution in [0.5, 0.6) is 5.75 Å². The normalized spacial score (nSPS) is 20.8. The third kappa shape index (κ3) is 7.39. The van der Waals surface area contributed by atoms with Crippen LogP contribution >= 0.6 is 0 Å². The van der Waals surface area contributed by atoms with Gasteiger partial charge >= 0.3 is 18.3 Å². The predicted octanol–water partition coefficient (Wildman–Crippen LogP) is 4.49. The van der Waals surface area contributed by atoms with Crippen LogP contribution in [0.15, 0.2) is 36.5 Å². The average Bonchev–Trinajstić information content (AvgIpc) is 3.36. The van der Waals surface area contributed by atoms with Crippen molar-refractivity contribution in [3.05, 3.63) is 59.3 Å². The summed E-state index contributed by atoms with van der Waals surface area (Å²) in [6.07, 6.45) is 0.805. The van der Waals surface area contributed by atoms with Crippen LogP contribution in [0.25, 0.3) is 5.65 Å². The number of hydrogen-bond donors (Lipinski definition) is 3. The van der Waals surface area contributed by atoms with E-state index < -0.39 is 35.2 Å². The SMILES string of the molecule is C.COC(=O)C12CCC(CNC(=O)c3cc(C(=O)O)nc4c(F)cnn34)(CC1)CC2.NCc1cccc(OC(F)(F)F)c1. The Morgan fingerprint density at radius 2 is 1.77 bits per heavy atom. The van der Waals surface area contributed by atoms with Gasteiger partial charge in [0, 0.05) is 19.2 Å². The van der Waals surface area contributed by atoms with Crippen molar-refractivity contribution in [2.75, 3.05) is 13.7 Å². The molecule has 0 aliphatic heterocycles. The first-order chi connectivity index (χ1) is 19.8. The number of amides is 1. The van der Waals surface area contributed by atoms with Gasteiger partial charge in [0.2, 0.25) is 0 Å². The van der Waals surface area contributed by atoms with E-state index in [2.05, 4.69) is 20.1 Å². The molecule has 4 N–H and O–H groups in total. The van der Waals surface area contributed by atoms with E-state index in [9.17, 15) is 37.1 Å². The van der Waals surface area contributed by atoms with Crippen molar-refractivity contribution < 1.29 is 46.5 Å². The summed E-state index contributed by atoms with van der Waals surface area (Å²) in [6.45, 7) is 0.577. The molecule has 15 heteroatoms. The Kier molecular flexibility index (Phi) is 10.00. The number of fused-ring (bicyclic) bond motifs is 4. The lowest BCUT2D eigenvalue weighted by molar-refractivity contribution is -0.274. The van der Waals surface area contributed by atoms with Crippen LogP contribution in [0.1, 0.15) is 72.5 Å². The zero-order chi connectivity index (χ0) is 30.7. The van der Waals surface area contributed by atoms with Crippen LogP contribution in [0, 0.1) is 16.6 Å². The Morgan fingerprint density at radius 3 is 2.33 bits per heavy atom. The summed E-state index contributed by atoms with van der Waals surface area (Å²) in [4.78, 5) is 39.9. The third-order valence-electron chi connectivity index (χ3n) is 7.89. The first kappa shape index (κ1) is 33.2. The molecule has 3 aromatic rings. The quantitative estimate of drug-likeness (QED) is 0.259. The van der Waals surface area contributed by atoms with Crippen LogP contribution in [-0.2, 0) is 16.1 Å². The molecule has 0 radical (unpaired) electrons. The molecule has 3 aliphatic carbocycles. The molecule has 0 unspecified atom stereocenters. The van der Waals surface area contributed by atoms with Gasteiger partial charge in [0.1, 0.15) is 11.4 Å². The molecule has 0 saturated heterocycles. The van der Waals surface area contributed by atoms with E-state index in [1.807, 2.05) is 0 Å². The molecule has 0 atom stereocenters. The van der Waals surface area contributed by atoms with E-state index in [4.69, 9.17) is 10.5 Å². The molecule has 0 spiro atoms. The number of halogens is 4. The van der Waals surface area contributed by atoms with Crippen molar-refractivity contribution in [3.63, 3.8) is 0 Å². The highest BCUT2D eigenvalue weighted by Gasteiger charge is 2.53. The molecule has 1 aromatic carbocycles. The Balaban J connectivity index is 0.000000306. The molecule has 234 valence electrons. The minimum absolute atomic E-state index is 0. The number of carboxylic acid groups (broad SMARTS) is 1. The van der Waals surface area contributed by atoms with E-state index in [1.54, 1.807) is 6.07 Å². The summed E-state index contributed by atoms with van der Waals surface area (Å²) < 4.78 is 58.7. The van der Waals surface area contributed by atoms with Crippen molar-refractivity contribution in [2.45, 2.75) is 58.9 Å². The van der Waals surface area contributed by atoms with Gasteiger partial charge in [-0.1, -0.05) is 19.6 Å². The van der Waals surface area contributed by atoms with Gasteiger partial charge in [0.15, 0.2) is 17.2 Å². The summed E-state index contributed by atoms with van der Waals surface area (Å²) in [5, 5.41) is 15.8. The highest BCUT2D eigenvalue weighted by Crippen LogP contribution is 2.57. The number of carbonyl (C=O) groups excluding carboxylic acids is 2. The number of nitrogens with zero attached hydrogens (tertiary/aromatic N) is 3. The molecule has 3 saturated carbocycles. The minimum atomic E-state index is -4.65. The minimum Gasteiger partial charge on any atom is -0.477 e. The van der Waals surface area contributed by atoms with Crippen LogP contribution in [-0.4, -0.2) is 57.6 Å². The maximum absolute atomic E-state index is 13.9. The lowest BCUT2D eigenvalue weighted by Crippen LogP contribution is -2.50. The van der Waals surface area contributed by atoms with E-state index in [0.717, 1.165) is 55.3 Å². The Bertz CT molecular complexity index is 1470. The fourth-order valence-electron chi connectivity index (χ4n) is 5.49. The van der Waals surface area contributed by atoms with Gasteiger partial charge in [0.25, 0.3) is 5.91 Å². The Hall–Kier alpha value is -4.27. The van der Waals surface area contributed by atoms with Gasteiger partial charge in [0.05, 0.1) is 18.7 Å². The number of alkyl halides is 3. The number of rotatable bonds is 7. The van der Waals surface area contributed by atoms with Gasteiger partial charge < -0.3 is 25.6 Å². The second-order valence-corrected chi connectivity index (χ2v) is 10.4. The standard InChI is InChI=1S/C19H21FN4O5.C8H8F3NO.CH4/c1-29-17(28)19-5-2-18(3-6-19,4-7-19)10-21-15(25)13-8-12(16(26)27)23-14-11(20)9-22-24(13)14;9-8(10,11)13-7-3-1-2-6(4-7)5-12;/h8-9H,2-7,10H2,1H3,(H,21,25)(H,26,27);1-4H,5,12H2;1H4. The fourth-order valence-corrected chi connectivity index (χ4v) is 5.49. The highest BCUT2D eigenvalue weighted by molar-refractivity contribution is 5.96. The van der Waals surface area contributed by atoms with Gasteiger partial charge in [-0.05, 0) is 61.6 Å². The second kappa shape index (κ2) is 12.9. The van der Waals surface area contributed by atoms with Crippen molar-refractivity contribution in [3.8, 4) is 5.75 Å². The van der Waals surface area contributed by atoms with Crippen LogP contribution in [0.3, 0.4) is 0 Å². The summed E-state index contributed by atoms with van der Waals surface area (Å²) in [5.41, 5.74) is 4.49. The van der Waals surface area contributed by atoms with Gasteiger partial charge in [-0.15, -0.1) is 13.2 Å². The van der Waals surface area contributed by atoms with Gasteiger partial charge in [-0.3, -0.25) is 9.59 Å². The monoisotopic (exact) mass is 611 g/mol. The van der Waals surface area contributed by atoms with Crippen molar-refractivity contribution in [1.82, 2.24) is 19.9 Å². The third-order valence-corrected chi connectivity index (χ3v) is 7.89. The molecule has 2 aromatic heterocycles. The molecule has 3 fully saturated rings. The molecule has 2 heterocycles. The zero-order valence-corrected chi connectivity index (χ0v) is 22.5. The number of aromatic nitrogens is 3. The lowest BCUT2D eigenvalue weighted by atomic mass is 9.53. The molecule has 1 amide bonds. The topological polar surface area (TPSA) is 158 Å². The number of benzene rings is 1. The number of ether oxygens (including phenoxy) is 2. The number of esters is 1. The summed E-state index contributed by atoms with van der Waals surface area (Å²) in [6, 6.07) is 6.66. The first-order valence-corrected chi connectivity index (χ1v) is 13.0. The number of methoxy groups -OCH3 is 1. The van der Waals surface area contributed by atoms with Gasteiger partial charge in [-0.25, -0.2) is 18.7 Å². The number of carboxylic acids is 1. The Morgan fingerprint density at radius 1 is 1.12 bits per heavy atom. The Labute approximate surface area is 244 Å². The average molecular weight is 612 g/mol. The van der Waals surface area contributed by atoms with Crippen molar-refractivity contribution >= 4 is 23.5 Å².